The molecule has 0 unspecified atom stereocenters. The molecule has 0 bridgehead atoms. The van der Waals surface area contributed by atoms with Crippen LogP contribution in [0, 0.1) is 0 Å². The maximum atomic E-state index is 4.18. The van der Waals surface area contributed by atoms with Gasteiger partial charge >= 0.3 is 0 Å². The SMILES string of the molecule is C1=COON1.C=C.c1ccc2ncccc2c1. The van der Waals surface area contributed by atoms with Gasteiger partial charge in [-0.2, -0.15) is 0 Å². The van der Waals surface area contributed by atoms with Crippen LogP contribution in [0.3, 0.4) is 0 Å². The van der Waals surface area contributed by atoms with Crippen LogP contribution in [-0.4, -0.2) is 4.98 Å². The second kappa shape index (κ2) is 7.90. The highest BCUT2D eigenvalue weighted by Gasteiger charge is 1.86. The third-order valence-corrected chi connectivity index (χ3v) is 1.80. The number of benzene rings is 1. The highest BCUT2D eigenvalue weighted by atomic mass is 17.3. The molecule has 0 amide bonds. The van der Waals surface area contributed by atoms with Crippen molar-refractivity contribution in [1.82, 2.24) is 10.5 Å². The van der Waals surface area contributed by atoms with Crippen molar-refractivity contribution < 1.29 is 9.88 Å². The summed E-state index contributed by atoms with van der Waals surface area (Å²) >= 11 is 0. The molecule has 0 spiro atoms. The largest absolute Gasteiger partial charge is 0.321 e. The number of hydrogen-bond acceptors (Lipinski definition) is 4. The Morgan fingerprint density at radius 3 is 2.41 bits per heavy atom. The highest BCUT2D eigenvalue weighted by Crippen LogP contribution is 2.07. The van der Waals surface area contributed by atoms with Crippen molar-refractivity contribution in [2.75, 3.05) is 0 Å². The Kier molecular flexibility index (Phi) is 5.92. The summed E-state index contributed by atoms with van der Waals surface area (Å²) in [7, 11) is 0. The number of fused-ring (bicyclic) bond motifs is 1. The van der Waals surface area contributed by atoms with Crippen LogP contribution in [0.2, 0.25) is 0 Å². The number of pyridine rings is 1. The van der Waals surface area contributed by atoms with Crippen LogP contribution in [-0.2, 0) is 9.88 Å². The fourth-order valence-electron chi connectivity index (χ4n) is 1.15. The van der Waals surface area contributed by atoms with Crippen LogP contribution >= 0.6 is 0 Å². The first-order chi connectivity index (χ1) is 8.47. The molecule has 2 heterocycles. The van der Waals surface area contributed by atoms with Crippen molar-refractivity contribution >= 4 is 10.9 Å². The van der Waals surface area contributed by atoms with E-state index in [0.717, 1.165) is 5.52 Å². The molecular formula is C13H14N2O2. The van der Waals surface area contributed by atoms with E-state index in [1.165, 1.54) is 11.6 Å². The molecule has 0 atom stereocenters. The maximum absolute atomic E-state index is 4.18. The van der Waals surface area contributed by atoms with Gasteiger partial charge in [-0.1, -0.05) is 29.3 Å². The summed E-state index contributed by atoms with van der Waals surface area (Å²) in [6.07, 6.45) is 4.75. The molecule has 0 radical (unpaired) electrons. The van der Waals surface area contributed by atoms with E-state index in [2.05, 4.69) is 45.6 Å². The normalized spacial score (nSPS) is 11.3. The zero-order chi connectivity index (χ0) is 12.3. The zero-order valence-electron chi connectivity index (χ0n) is 9.37. The molecule has 4 heteroatoms. The lowest BCUT2D eigenvalue weighted by Crippen LogP contribution is -1.94. The topological polar surface area (TPSA) is 43.4 Å². The van der Waals surface area contributed by atoms with Crippen LogP contribution < -0.4 is 5.48 Å². The first-order valence-electron chi connectivity index (χ1n) is 4.99. The lowest BCUT2D eigenvalue weighted by Gasteiger charge is -1.91. The van der Waals surface area contributed by atoms with Gasteiger partial charge in [0.1, 0.15) is 6.26 Å². The molecule has 4 nitrogen and oxygen atoms in total. The highest BCUT2D eigenvalue weighted by molar-refractivity contribution is 5.77. The molecule has 0 saturated carbocycles. The summed E-state index contributed by atoms with van der Waals surface area (Å²) in [6, 6.07) is 12.1. The quantitative estimate of drug-likeness (QED) is 0.558. The van der Waals surface area contributed by atoms with Gasteiger partial charge in [-0.25, -0.2) is 5.48 Å². The van der Waals surface area contributed by atoms with Crippen molar-refractivity contribution in [3.8, 4) is 0 Å². The Labute approximate surface area is 100 Å². The van der Waals surface area contributed by atoms with Gasteiger partial charge in [0.15, 0.2) is 0 Å². The van der Waals surface area contributed by atoms with Gasteiger partial charge < -0.3 is 4.89 Å². The predicted molar refractivity (Wildman–Crippen MR) is 67.4 cm³/mol. The van der Waals surface area contributed by atoms with Gasteiger partial charge in [0.25, 0.3) is 0 Å². The molecule has 0 aliphatic carbocycles. The molecular weight excluding hydrogens is 216 g/mol. The van der Waals surface area contributed by atoms with Gasteiger partial charge in [-0.05, 0) is 12.1 Å². The lowest BCUT2D eigenvalue weighted by molar-refractivity contribution is -0.264. The second-order valence-corrected chi connectivity index (χ2v) is 2.80. The molecule has 1 aromatic heterocycles. The van der Waals surface area contributed by atoms with Crippen LogP contribution in [0.15, 0.2) is 68.2 Å². The Bertz CT molecular complexity index is 400. The van der Waals surface area contributed by atoms with Crippen LogP contribution in [0.1, 0.15) is 0 Å². The van der Waals surface area contributed by atoms with Crippen molar-refractivity contribution in [1.29, 1.82) is 0 Å². The van der Waals surface area contributed by atoms with E-state index in [1.807, 2.05) is 30.5 Å². The third-order valence-electron chi connectivity index (χ3n) is 1.80. The zero-order valence-corrected chi connectivity index (χ0v) is 9.37. The molecule has 3 rings (SSSR count). The average molecular weight is 230 g/mol. The first-order valence-corrected chi connectivity index (χ1v) is 4.99. The fraction of sp³-hybridized carbons (Fsp3) is 0. The second-order valence-electron chi connectivity index (χ2n) is 2.80. The van der Waals surface area contributed by atoms with Gasteiger partial charge in [-0.3, -0.25) is 4.98 Å². The monoisotopic (exact) mass is 230 g/mol. The van der Waals surface area contributed by atoms with Crippen LogP contribution in [0.5, 0.6) is 0 Å². The van der Waals surface area contributed by atoms with Gasteiger partial charge in [0.05, 0.1) is 11.7 Å². The first kappa shape index (κ1) is 12.7. The number of hydroxylamine groups is 1. The summed E-state index contributed by atoms with van der Waals surface area (Å²) in [4.78, 5) is 12.4. The van der Waals surface area contributed by atoms with Crippen LogP contribution in [0.25, 0.3) is 10.9 Å². The third kappa shape index (κ3) is 4.36. The minimum Gasteiger partial charge on any atom is -0.321 e. The molecule has 88 valence electrons. The minimum atomic E-state index is 1.06. The fourth-order valence-corrected chi connectivity index (χ4v) is 1.15. The number of hydrogen-bond donors (Lipinski definition) is 1. The molecule has 0 saturated heterocycles. The summed E-state index contributed by atoms with van der Waals surface area (Å²) in [5, 5.41) is 1.20. The molecule has 1 aromatic carbocycles. The Balaban J connectivity index is 0.000000175. The molecule has 2 aromatic rings. The summed E-state index contributed by atoms with van der Waals surface area (Å²) in [6.45, 7) is 6.00. The number of aromatic nitrogens is 1. The van der Waals surface area contributed by atoms with Gasteiger partial charge in [0.2, 0.25) is 0 Å². The van der Waals surface area contributed by atoms with Crippen molar-refractivity contribution in [2.45, 2.75) is 0 Å². The Morgan fingerprint density at radius 1 is 1.06 bits per heavy atom. The van der Waals surface area contributed by atoms with Gasteiger partial charge in [0, 0.05) is 11.6 Å². The molecule has 1 N–H and O–H groups in total. The van der Waals surface area contributed by atoms with E-state index >= 15 is 0 Å². The van der Waals surface area contributed by atoms with E-state index in [-0.39, 0.29) is 0 Å². The molecule has 1 aliphatic rings. The molecule has 1 aliphatic heterocycles. The minimum absolute atomic E-state index is 1.06. The van der Waals surface area contributed by atoms with E-state index in [4.69, 9.17) is 0 Å². The van der Waals surface area contributed by atoms with Gasteiger partial charge in [-0.15, -0.1) is 13.2 Å². The standard InChI is InChI=1S/C9H7N.C2H3NO2.C2H4/c1-2-6-9-8(4-1)5-3-7-10-9;1-2-4-5-3-1;1-2/h1-7H;1-3H;1-2H2. The van der Waals surface area contributed by atoms with Crippen LogP contribution in [0.4, 0.5) is 0 Å². The van der Waals surface area contributed by atoms with E-state index in [1.54, 1.807) is 6.20 Å². The van der Waals surface area contributed by atoms with E-state index < -0.39 is 0 Å². The van der Waals surface area contributed by atoms with E-state index in [9.17, 15) is 0 Å². The summed E-state index contributed by atoms with van der Waals surface area (Å²) in [5.74, 6) is 0. The lowest BCUT2D eigenvalue weighted by atomic mass is 10.2. The summed E-state index contributed by atoms with van der Waals surface area (Å²) < 4.78 is 0. The molecule has 0 fully saturated rings. The van der Waals surface area contributed by atoms with Crippen molar-refractivity contribution in [2.24, 2.45) is 0 Å². The molecule has 17 heavy (non-hydrogen) atoms. The smallest absolute Gasteiger partial charge is 0.150 e. The average Bonchev–Trinajstić information content (AvgIpc) is 3.00. The summed E-state index contributed by atoms with van der Waals surface area (Å²) in [5.41, 5.74) is 3.38. The number of nitrogens with zero attached hydrogens (tertiary/aromatic N) is 1. The number of nitrogens with one attached hydrogen (secondary N) is 1. The number of para-hydroxylation sites is 1. The number of rotatable bonds is 0. The van der Waals surface area contributed by atoms with E-state index in [0.29, 0.717) is 0 Å². The maximum Gasteiger partial charge on any atom is 0.150 e. The van der Waals surface area contributed by atoms with Crippen molar-refractivity contribution in [3.05, 3.63) is 68.2 Å². The Morgan fingerprint density at radius 2 is 1.82 bits per heavy atom. The van der Waals surface area contributed by atoms with Crippen molar-refractivity contribution in [3.63, 3.8) is 0 Å². The Hall–Kier alpha value is -2.33. The predicted octanol–water partition coefficient (Wildman–Crippen LogP) is 2.96.